The highest BCUT2D eigenvalue weighted by molar-refractivity contribution is 6.74. The van der Waals surface area contributed by atoms with Crippen molar-refractivity contribution in [3.63, 3.8) is 0 Å². The van der Waals surface area contributed by atoms with Crippen LogP contribution in [0.25, 0.3) is 27.9 Å². The maximum absolute atomic E-state index is 6.35. The monoisotopic (exact) mass is 415 g/mol. The molecule has 7 nitrogen and oxygen atoms in total. The Morgan fingerprint density at radius 3 is 2.57 bits per heavy atom. The van der Waals surface area contributed by atoms with Gasteiger partial charge in [-0.05, 0) is 18.1 Å². The maximum Gasteiger partial charge on any atom is 0.207 e. The lowest BCUT2D eigenvalue weighted by Crippen LogP contribution is -2.40. The average molecular weight is 416 g/mol. The van der Waals surface area contributed by atoms with Gasteiger partial charge in [0.2, 0.25) is 5.82 Å². The number of benzene rings is 1. The summed E-state index contributed by atoms with van der Waals surface area (Å²) in [5.74, 6) is 1.12. The van der Waals surface area contributed by atoms with Crippen molar-refractivity contribution in [1.29, 1.82) is 0 Å². The Morgan fingerprint density at radius 1 is 1.14 bits per heavy atom. The molecule has 0 unspecified atom stereocenters. The van der Waals surface area contributed by atoms with Crippen molar-refractivity contribution in [3.8, 4) is 11.5 Å². The van der Waals surface area contributed by atoms with Gasteiger partial charge in [-0.25, -0.2) is 0 Å². The highest BCUT2D eigenvalue weighted by atomic mass is 35.5. The zero-order valence-electron chi connectivity index (χ0n) is 16.5. The summed E-state index contributed by atoms with van der Waals surface area (Å²) in [7, 11) is -1.88. The molecule has 1 aromatic carbocycles. The van der Waals surface area contributed by atoms with E-state index in [1.54, 1.807) is 4.52 Å². The van der Waals surface area contributed by atoms with Crippen LogP contribution in [-0.2, 0) is 11.0 Å². The van der Waals surface area contributed by atoms with E-state index in [-0.39, 0.29) is 5.04 Å². The highest BCUT2D eigenvalue weighted by Gasteiger charge is 2.37. The van der Waals surface area contributed by atoms with Gasteiger partial charge in [-0.2, -0.15) is 9.61 Å². The number of hydrogen-bond donors (Lipinski definition) is 0. The second-order valence-corrected chi connectivity index (χ2v) is 13.5. The van der Waals surface area contributed by atoms with Crippen molar-refractivity contribution >= 4 is 36.3 Å². The minimum atomic E-state index is -1.88. The van der Waals surface area contributed by atoms with E-state index < -0.39 is 8.32 Å². The predicted octanol–water partition coefficient (Wildman–Crippen LogP) is 5.11. The SMILES string of the molecule is CC(C)(C)[Si](C)(C)OCc1cc(-c2nnc3c4ccccc4c(Cl)nn23)no1. The summed E-state index contributed by atoms with van der Waals surface area (Å²) in [5, 5.41) is 19.3. The van der Waals surface area contributed by atoms with Crippen LogP contribution in [0.2, 0.25) is 23.3 Å². The molecule has 0 aliphatic heterocycles. The molecule has 0 saturated heterocycles. The Kier molecular flexibility index (Phi) is 4.52. The van der Waals surface area contributed by atoms with E-state index in [4.69, 9.17) is 20.6 Å². The molecule has 28 heavy (non-hydrogen) atoms. The quantitative estimate of drug-likeness (QED) is 0.431. The largest absolute Gasteiger partial charge is 0.409 e. The predicted molar refractivity (Wildman–Crippen MR) is 111 cm³/mol. The Bertz CT molecular complexity index is 1160. The van der Waals surface area contributed by atoms with Crippen LogP contribution in [0, 0.1) is 0 Å². The fourth-order valence-electron chi connectivity index (χ4n) is 2.66. The molecule has 0 saturated carbocycles. The van der Waals surface area contributed by atoms with Gasteiger partial charge in [0, 0.05) is 16.8 Å². The molecule has 3 aromatic heterocycles. The first kappa shape index (κ1) is 19.0. The average Bonchev–Trinajstić information content (AvgIpc) is 3.26. The van der Waals surface area contributed by atoms with Crippen LogP contribution in [0.3, 0.4) is 0 Å². The van der Waals surface area contributed by atoms with E-state index in [9.17, 15) is 0 Å². The summed E-state index contributed by atoms with van der Waals surface area (Å²) in [6.45, 7) is 11.4. The van der Waals surface area contributed by atoms with Gasteiger partial charge >= 0.3 is 0 Å². The second-order valence-electron chi connectivity index (χ2n) is 8.32. The molecule has 0 fully saturated rings. The summed E-state index contributed by atoms with van der Waals surface area (Å²) in [6.07, 6.45) is 0. The minimum absolute atomic E-state index is 0.126. The molecule has 0 aliphatic rings. The normalized spacial score (nSPS) is 12.9. The number of nitrogens with zero attached hydrogens (tertiary/aromatic N) is 5. The standard InChI is InChI=1S/C19H22ClN5O2Si/c1-19(2,3)28(4,5)26-11-12-10-15(24-27-12)18-22-21-17-14-9-7-6-8-13(14)16(20)23-25(17)18/h6-10H,11H2,1-5H3. The van der Waals surface area contributed by atoms with Crippen LogP contribution < -0.4 is 0 Å². The Labute approximate surface area is 168 Å². The highest BCUT2D eigenvalue weighted by Crippen LogP contribution is 2.37. The maximum atomic E-state index is 6.35. The first-order valence-electron chi connectivity index (χ1n) is 9.07. The van der Waals surface area contributed by atoms with Gasteiger partial charge in [0.05, 0.1) is 6.61 Å². The number of aromatic nitrogens is 5. The van der Waals surface area contributed by atoms with E-state index in [2.05, 4.69) is 54.3 Å². The van der Waals surface area contributed by atoms with Gasteiger partial charge in [-0.1, -0.05) is 61.8 Å². The van der Waals surface area contributed by atoms with Crippen LogP contribution >= 0.6 is 11.6 Å². The lowest BCUT2D eigenvalue weighted by molar-refractivity contribution is 0.230. The number of halogens is 1. The lowest BCUT2D eigenvalue weighted by Gasteiger charge is -2.35. The zero-order chi connectivity index (χ0) is 20.1. The third kappa shape index (κ3) is 3.21. The summed E-state index contributed by atoms with van der Waals surface area (Å²) in [4.78, 5) is 0. The van der Waals surface area contributed by atoms with E-state index in [1.807, 2.05) is 30.3 Å². The van der Waals surface area contributed by atoms with Crippen molar-refractivity contribution < 1.29 is 8.95 Å². The van der Waals surface area contributed by atoms with Crippen molar-refractivity contribution in [1.82, 2.24) is 25.0 Å². The molecule has 3 heterocycles. The van der Waals surface area contributed by atoms with Crippen molar-refractivity contribution in [2.24, 2.45) is 0 Å². The third-order valence-electron chi connectivity index (χ3n) is 5.39. The molecular formula is C19H22ClN5O2Si. The van der Waals surface area contributed by atoms with Gasteiger partial charge in [0.1, 0.15) is 0 Å². The Morgan fingerprint density at radius 2 is 1.86 bits per heavy atom. The van der Waals surface area contributed by atoms with Gasteiger partial charge in [-0.15, -0.1) is 10.2 Å². The smallest absolute Gasteiger partial charge is 0.207 e. The van der Waals surface area contributed by atoms with Crippen molar-refractivity contribution in [2.45, 2.75) is 45.5 Å². The van der Waals surface area contributed by atoms with Crippen molar-refractivity contribution in [2.75, 3.05) is 0 Å². The third-order valence-corrected chi connectivity index (χ3v) is 10.1. The molecule has 0 amide bonds. The van der Waals surface area contributed by atoms with Gasteiger partial charge < -0.3 is 8.95 Å². The summed E-state index contributed by atoms with van der Waals surface area (Å²) in [5.41, 5.74) is 1.16. The topological polar surface area (TPSA) is 78.3 Å². The van der Waals surface area contributed by atoms with Crippen LogP contribution in [0.5, 0.6) is 0 Å². The molecule has 0 bridgehead atoms. The Hall–Kier alpha value is -2.29. The van der Waals surface area contributed by atoms with E-state index in [0.717, 1.165) is 10.8 Å². The fourth-order valence-corrected chi connectivity index (χ4v) is 3.83. The minimum Gasteiger partial charge on any atom is -0.409 e. The molecule has 4 aromatic rings. The molecule has 4 rings (SSSR count). The van der Waals surface area contributed by atoms with Crippen LogP contribution in [0.15, 0.2) is 34.9 Å². The van der Waals surface area contributed by atoms with Gasteiger partial charge in [-0.3, -0.25) is 0 Å². The van der Waals surface area contributed by atoms with E-state index in [0.29, 0.717) is 34.7 Å². The number of rotatable bonds is 4. The zero-order valence-corrected chi connectivity index (χ0v) is 18.3. The van der Waals surface area contributed by atoms with Crippen LogP contribution in [0.4, 0.5) is 0 Å². The first-order chi connectivity index (χ1) is 13.2. The van der Waals surface area contributed by atoms with E-state index in [1.165, 1.54) is 0 Å². The molecule has 0 radical (unpaired) electrons. The molecule has 0 atom stereocenters. The summed E-state index contributed by atoms with van der Waals surface area (Å²) < 4.78 is 13.3. The number of fused-ring (bicyclic) bond motifs is 3. The van der Waals surface area contributed by atoms with Crippen molar-refractivity contribution in [3.05, 3.63) is 41.2 Å². The van der Waals surface area contributed by atoms with Crippen LogP contribution in [-0.4, -0.2) is 33.3 Å². The Balaban J connectivity index is 1.67. The molecule has 9 heteroatoms. The first-order valence-corrected chi connectivity index (χ1v) is 12.4. The lowest BCUT2D eigenvalue weighted by atomic mass is 10.2. The molecular weight excluding hydrogens is 394 g/mol. The van der Waals surface area contributed by atoms with Gasteiger partial charge in [0.25, 0.3) is 0 Å². The van der Waals surface area contributed by atoms with Gasteiger partial charge in [0.15, 0.2) is 30.6 Å². The van der Waals surface area contributed by atoms with E-state index >= 15 is 0 Å². The molecule has 0 N–H and O–H groups in total. The second kappa shape index (κ2) is 6.65. The summed E-state index contributed by atoms with van der Waals surface area (Å²) in [6, 6.07) is 9.51. The van der Waals surface area contributed by atoms with Crippen LogP contribution in [0.1, 0.15) is 26.5 Å². The summed E-state index contributed by atoms with van der Waals surface area (Å²) >= 11 is 6.35. The molecule has 0 spiro atoms. The molecule has 0 aliphatic carbocycles. The number of hydrogen-bond acceptors (Lipinski definition) is 6. The fraction of sp³-hybridized carbons (Fsp3) is 0.368. The molecule has 146 valence electrons.